The Hall–Kier alpha value is -3.10. The van der Waals surface area contributed by atoms with Crippen molar-refractivity contribution in [1.29, 1.82) is 0 Å². The van der Waals surface area contributed by atoms with E-state index in [0.29, 0.717) is 28.4 Å². The number of fused-ring (bicyclic) bond motifs is 1. The molecular weight excluding hydrogens is 260 g/mol. The summed E-state index contributed by atoms with van der Waals surface area (Å²) < 4.78 is 1.57. The lowest BCUT2D eigenvalue weighted by atomic mass is 10.3. The van der Waals surface area contributed by atoms with Crippen molar-refractivity contribution in [2.75, 3.05) is 5.32 Å². The number of pyridine rings is 1. The van der Waals surface area contributed by atoms with E-state index in [-0.39, 0.29) is 0 Å². The van der Waals surface area contributed by atoms with Gasteiger partial charge in [0.05, 0.1) is 12.4 Å². The number of primary amides is 1. The Bertz CT molecular complexity index is 796. The first-order chi connectivity index (χ1) is 9.61. The predicted octanol–water partition coefficient (Wildman–Crippen LogP) is 0.311. The highest BCUT2D eigenvalue weighted by Crippen LogP contribution is 2.16. The number of urea groups is 1. The molecule has 9 nitrogen and oxygen atoms in total. The normalized spacial score (nSPS) is 10.7. The van der Waals surface area contributed by atoms with Gasteiger partial charge in [0.1, 0.15) is 22.7 Å². The maximum atomic E-state index is 10.8. The van der Waals surface area contributed by atoms with Gasteiger partial charge in [-0.05, 0) is 12.1 Å². The molecular formula is C11H10N8O. The van der Waals surface area contributed by atoms with Crippen molar-refractivity contribution in [3.8, 4) is 11.4 Å². The van der Waals surface area contributed by atoms with Gasteiger partial charge in [-0.15, -0.1) is 5.10 Å². The Morgan fingerprint density at radius 2 is 2.15 bits per heavy atom. The summed E-state index contributed by atoms with van der Waals surface area (Å²) in [4.78, 5) is 23.6. The van der Waals surface area contributed by atoms with Crippen LogP contribution in [0.1, 0.15) is 0 Å². The maximum absolute atomic E-state index is 10.8. The lowest BCUT2D eigenvalue weighted by Crippen LogP contribution is -2.20. The van der Waals surface area contributed by atoms with E-state index in [1.807, 2.05) is 0 Å². The van der Waals surface area contributed by atoms with E-state index in [9.17, 15) is 4.79 Å². The highest BCUT2D eigenvalue weighted by molar-refractivity contribution is 5.88. The van der Waals surface area contributed by atoms with Gasteiger partial charge in [0.25, 0.3) is 0 Å². The van der Waals surface area contributed by atoms with Crippen LogP contribution in [0.4, 0.5) is 10.6 Å². The first-order valence-electron chi connectivity index (χ1n) is 5.69. The molecule has 0 saturated heterocycles. The fourth-order valence-electron chi connectivity index (χ4n) is 1.68. The van der Waals surface area contributed by atoms with Crippen molar-refractivity contribution in [3.63, 3.8) is 0 Å². The van der Waals surface area contributed by atoms with Crippen molar-refractivity contribution in [2.45, 2.75) is 0 Å². The van der Waals surface area contributed by atoms with Crippen LogP contribution in [-0.4, -0.2) is 36.0 Å². The van der Waals surface area contributed by atoms with E-state index in [1.165, 1.54) is 0 Å². The van der Waals surface area contributed by atoms with E-state index in [4.69, 9.17) is 5.73 Å². The number of nitrogens with zero attached hydrogens (tertiary/aromatic N) is 6. The summed E-state index contributed by atoms with van der Waals surface area (Å²) in [7, 11) is 1.76. The van der Waals surface area contributed by atoms with E-state index < -0.39 is 6.03 Å². The molecule has 0 unspecified atom stereocenters. The minimum atomic E-state index is -0.685. The third-order valence-corrected chi connectivity index (χ3v) is 2.52. The number of nitrogens with one attached hydrogen (secondary N) is 1. The highest BCUT2D eigenvalue weighted by atomic mass is 16.2. The molecule has 0 fully saturated rings. The number of hydrogen-bond donors (Lipinski definition) is 2. The smallest absolute Gasteiger partial charge is 0.317 e. The largest absolute Gasteiger partial charge is 0.351 e. The maximum Gasteiger partial charge on any atom is 0.317 e. The number of carbonyl (C=O) groups is 1. The molecule has 3 aromatic heterocycles. The summed E-state index contributed by atoms with van der Waals surface area (Å²) in [6, 6.07) is 2.61. The number of carbonyl (C=O) groups excluding carboxylic acids is 1. The summed E-state index contributed by atoms with van der Waals surface area (Å²) in [6.07, 6.45) is 3.32. The van der Waals surface area contributed by atoms with Crippen LogP contribution >= 0.6 is 0 Å². The highest BCUT2D eigenvalue weighted by Gasteiger charge is 2.08. The van der Waals surface area contributed by atoms with Crippen molar-refractivity contribution in [2.24, 2.45) is 12.8 Å². The van der Waals surface area contributed by atoms with Gasteiger partial charge < -0.3 is 5.73 Å². The van der Waals surface area contributed by atoms with Gasteiger partial charge in [-0.1, -0.05) is 5.21 Å². The van der Waals surface area contributed by atoms with Crippen LogP contribution in [0.2, 0.25) is 0 Å². The SMILES string of the molecule is Cn1cc(-c2cnc3ccc(NC(N)=O)nc3n2)nn1. The minimum absolute atomic E-state index is 0.315. The Morgan fingerprint density at radius 3 is 2.85 bits per heavy atom. The van der Waals surface area contributed by atoms with Gasteiger partial charge in [0, 0.05) is 7.05 Å². The Morgan fingerprint density at radius 1 is 1.30 bits per heavy atom. The summed E-state index contributed by atoms with van der Waals surface area (Å²) in [5.41, 5.74) is 7.18. The van der Waals surface area contributed by atoms with Crippen LogP contribution in [0.15, 0.2) is 24.5 Å². The van der Waals surface area contributed by atoms with Crippen LogP contribution in [0.5, 0.6) is 0 Å². The Balaban J connectivity index is 2.06. The summed E-state index contributed by atoms with van der Waals surface area (Å²) in [6.45, 7) is 0. The molecule has 2 amide bonds. The standard InChI is InChI=1S/C11H10N8O/c1-19-5-8(17-18-19)7-4-13-6-2-3-9(16-11(12)20)15-10(6)14-7/h2-5H,1H3,(H3,12,14,15,16,20). The summed E-state index contributed by atoms with van der Waals surface area (Å²) >= 11 is 0. The molecule has 3 N–H and O–H groups in total. The van der Waals surface area contributed by atoms with Gasteiger partial charge in [-0.2, -0.15) is 0 Å². The molecule has 0 bridgehead atoms. The summed E-state index contributed by atoms with van der Waals surface area (Å²) in [5.74, 6) is 0.315. The third-order valence-electron chi connectivity index (χ3n) is 2.52. The van der Waals surface area contributed by atoms with Crippen LogP contribution in [0.3, 0.4) is 0 Å². The monoisotopic (exact) mass is 270 g/mol. The van der Waals surface area contributed by atoms with Crippen LogP contribution in [0, 0.1) is 0 Å². The number of nitrogens with two attached hydrogens (primary N) is 1. The molecule has 0 aliphatic carbocycles. The predicted molar refractivity (Wildman–Crippen MR) is 70.5 cm³/mol. The first kappa shape index (κ1) is 12.0. The quantitative estimate of drug-likeness (QED) is 0.690. The summed E-state index contributed by atoms with van der Waals surface area (Å²) in [5, 5.41) is 10.2. The Kier molecular flexibility index (Phi) is 2.71. The lowest BCUT2D eigenvalue weighted by Gasteiger charge is -2.02. The lowest BCUT2D eigenvalue weighted by molar-refractivity contribution is 0.259. The number of aryl methyl sites for hydroxylation is 1. The van der Waals surface area contributed by atoms with E-state index in [2.05, 4.69) is 30.6 Å². The van der Waals surface area contributed by atoms with Gasteiger partial charge in [0.2, 0.25) is 0 Å². The molecule has 9 heteroatoms. The topological polar surface area (TPSA) is 124 Å². The molecule has 3 aromatic rings. The van der Waals surface area contributed by atoms with Gasteiger partial charge in [-0.3, -0.25) is 15.0 Å². The van der Waals surface area contributed by atoms with Crippen LogP contribution < -0.4 is 11.1 Å². The van der Waals surface area contributed by atoms with E-state index in [0.717, 1.165) is 0 Å². The first-order valence-corrected chi connectivity index (χ1v) is 5.69. The average molecular weight is 270 g/mol. The molecule has 0 aliphatic rings. The fraction of sp³-hybridized carbons (Fsp3) is 0.0909. The fourth-order valence-corrected chi connectivity index (χ4v) is 1.68. The molecule has 0 spiro atoms. The van der Waals surface area contributed by atoms with Crippen LogP contribution in [-0.2, 0) is 7.05 Å². The van der Waals surface area contributed by atoms with Gasteiger partial charge >= 0.3 is 6.03 Å². The number of amides is 2. The number of anilines is 1. The zero-order valence-electron chi connectivity index (χ0n) is 10.5. The van der Waals surface area contributed by atoms with Crippen molar-refractivity contribution >= 4 is 23.0 Å². The zero-order valence-corrected chi connectivity index (χ0v) is 10.5. The van der Waals surface area contributed by atoms with Gasteiger partial charge in [0.15, 0.2) is 5.65 Å². The molecule has 100 valence electrons. The van der Waals surface area contributed by atoms with Crippen molar-refractivity contribution in [3.05, 3.63) is 24.5 Å². The second-order valence-electron chi connectivity index (χ2n) is 4.06. The minimum Gasteiger partial charge on any atom is -0.351 e. The molecule has 3 rings (SSSR count). The van der Waals surface area contributed by atoms with Crippen molar-refractivity contribution in [1.82, 2.24) is 29.9 Å². The molecule has 20 heavy (non-hydrogen) atoms. The molecule has 3 heterocycles. The van der Waals surface area contributed by atoms with E-state index in [1.54, 1.807) is 36.3 Å². The zero-order chi connectivity index (χ0) is 14.1. The second kappa shape index (κ2) is 4.53. The number of aromatic nitrogens is 6. The van der Waals surface area contributed by atoms with E-state index >= 15 is 0 Å². The van der Waals surface area contributed by atoms with Crippen LogP contribution in [0.25, 0.3) is 22.6 Å². The molecule has 0 aliphatic heterocycles. The molecule has 0 aromatic carbocycles. The van der Waals surface area contributed by atoms with Gasteiger partial charge in [-0.25, -0.2) is 14.8 Å². The number of hydrogen-bond acceptors (Lipinski definition) is 6. The number of rotatable bonds is 2. The third kappa shape index (κ3) is 2.23. The second-order valence-corrected chi connectivity index (χ2v) is 4.06. The molecule has 0 atom stereocenters. The van der Waals surface area contributed by atoms with Crippen molar-refractivity contribution < 1.29 is 4.79 Å². The Labute approximate surface area is 112 Å². The molecule has 0 radical (unpaired) electrons. The average Bonchev–Trinajstić information content (AvgIpc) is 2.84. The molecule has 0 saturated carbocycles.